The highest BCUT2D eigenvalue weighted by atomic mass is 19.1. The van der Waals surface area contributed by atoms with Gasteiger partial charge in [-0.05, 0) is 79.2 Å². The number of amides is 1. The van der Waals surface area contributed by atoms with Crippen LogP contribution < -0.4 is 20.9 Å². The summed E-state index contributed by atoms with van der Waals surface area (Å²) >= 11 is 0. The lowest BCUT2D eigenvalue weighted by Crippen LogP contribution is -2.51. The molecule has 1 saturated carbocycles. The fourth-order valence-electron chi connectivity index (χ4n) is 6.77. The molecular weight excluding hydrogens is 443 g/mol. The van der Waals surface area contributed by atoms with Crippen molar-refractivity contribution in [3.63, 3.8) is 0 Å². The standard InChI is InChI=1S/C27H29FN6O/c28-24-8-25(34-12-17-1-2-18(13-34)32-17)23(9-29)19-4-3-16(7-21(19)24)33-27(35)15-6-22-20-5-14(20)10-30-26(22)31-11-15/h6,8,11,14,16-18,20,32H,1-5,7,10,12-13H2,(H,30,31)(H,33,35)/t14-,16-,17?,18?,20-/m0/s1. The molecule has 3 fully saturated rings. The fourth-order valence-corrected chi connectivity index (χ4v) is 6.77. The number of fused-ring (bicyclic) bond motifs is 6. The van der Waals surface area contributed by atoms with Gasteiger partial charge in [0, 0.05) is 44.0 Å². The quantitative estimate of drug-likeness (QED) is 0.636. The number of aromatic nitrogens is 1. The molecule has 7 nitrogen and oxygen atoms in total. The van der Waals surface area contributed by atoms with E-state index in [9.17, 15) is 10.1 Å². The number of benzene rings is 1. The molecule has 7 rings (SSSR count). The van der Waals surface area contributed by atoms with Gasteiger partial charge in [-0.2, -0.15) is 5.26 Å². The van der Waals surface area contributed by atoms with E-state index >= 15 is 4.39 Å². The second-order valence-electron chi connectivity index (χ2n) is 10.9. The summed E-state index contributed by atoms with van der Waals surface area (Å²) in [4.78, 5) is 19.7. The highest BCUT2D eigenvalue weighted by Crippen LogP contribution is 2.52. The molecule has 0 spiro atoms. The van der Waals surface area contributed by atoms with E-state index in [0.717, 1.165) is 61.5 Å². The van der Waals surface area contributed by atoms with Crippen molar-refractivity contribution >= 4 is 17.4 Å². The zero-order valence-corrected chi connectivity index (χ0v) is 19.6. The van der Waals surface area contributed by atoms with Gasteiger partial charge in [0.15, 0.2) is 0 Å². The van der Waals surface area contributed by atoms with Gasteiger partial charge in [0.25, 0.3) is 5.91 Å². The molecule has 0 radical (unpaired) electrons. The Labute approximate surface area is 204 Å². The van der Waals surface area contributed by atoms with Gasteiger partial charge < -0.3 is 20.9 Å². The molecule has 3 aliphatic heterocycles. The van der Waals surface area contributed by atoms with Crippen LogP contribution in [0, 0.1) is 23.1 Å². The Morgan fingerprint density at radius 1 is 1.20 bits per heavy atom. The second kappa shape index (κ2) is 7.92. The Morgan fingerprint density at radius 2 is 2.03 bits per heavy atom. The molecule has 4 heterocycles. The third-order valence-corrected chi connectivity index (χ3v) is 8.70. The van der Waals surface area contributed by atoms with E-state index < -0.39 is 0 Å². The largest absolute Gasteiger partial charge is 0.370 e. The minimum Gasteiger partial charge on any atom is -0.370 e. The van der Waals surface area contributed by atoms with Gasteiger partial charge in [-0.15, -0.1) is 0 Å². The molecule has 2 bridgehead atoms. The van der Waals surface area contributed by atoms with Crippen LogP contribution in [0.3, 0.4) is 0 Å². The summed E-state index contributed by atoms with van der Waals surface area (Å²) in [6.07, 6.45) is 6.73. The lowest BCUT2D eigenvalue weighted by atomic mass is 9.84. The molecule has 2 unspecified atom stereocenters. The molecule has 5 aliphatic rings. The number of pyridine rings is 1. The molecule has 35 heavy (non-hydrogen) atoms. The number of piperazine rings is 1. The highest BCUT2D eigenvalue weighted by molar-refractivity contribution is 5.94. The molecule has 180 valence electrons. The summed E-state index contributed by atoms with van der Waals surface area (Å²) < 4.78 is 15.4. The smallest absolute Gasteiger partial charge is 0.253 e. The van der Waals surface area contributed by atoms with Gasteiger partial charge in [0.05, 0.1) is 16.8 Å². The van der Waals surface area contributed by atoms with Crippen LogP contribution in [0.25, 0.3) is 0 Å². The molecule has 3 N–H and O–H groups in total. The number of carbonyl (C=O) groups is 1. The number of rotatable bonds is 3. The maximum Gasteiger partial charge on any atom is 0.253 e. The van der Waals surface area contributed by atoms with Gasteiger partial charge in [-0.3, -0.25) is 4.79 Å². The number of anilines is 2. The van der Waals surface area contributed by atoms with Crippen molar-refractivity contribution in [2.75, 3.05) is 29.9 Å². The van der Waals surface area contributed by atoms with E-state index in [1.165, 1.54) is 0 Å². The molecule has 2 saturated heterocycles. The van der Waals surface area contributed by atoms with Crippen LogP contribution in [0.4, 0.5) is 15.9 Å². The predicted octanol–water partition coefficient (Wildman–Crippen LogP) is 2.85. The van der Waals surface area contributed by atoms with Crippen LogP contribution in [0.2, 0.25) is 0 Å². The van der Waals surface area contributed by atoms with Crippen LogP contribution in [0.5, 0.6) is 0 Å². The minimum atomic E-state index is -0.264. The Balaban J connectivity index is 1.11. The van der Waals surface area contributed by atoms with Crippen LogP contribution >= 0.6 is 0 Å². The molecular formula is C27H29FN6O. The fraction of sp³-hybridized carbons (Fsp3) is 0.519. The molecule has 2 aliphatic carbocycles. The van der Waals surface area contributed by atoms with Crippen molar-refractivity contribution in [3.05, 3.63) is 52.0 Å². The zero-order valence-electron chi connectivity index (χ0n) is 19.6. The van der Waals surface area contributed by atoms with E-state index in [4.69, 9.17) is 0 Å². The first-order valence-corrected chi connectivity index (χ1v) is 12.9. The van der Waals surface area contributed by atoms with E-state index in [0.29, 0.717) is 59.9 Å². The number of nitrogens with one attached hydrogen (secondary N) is 3. The average Bonchev–Trinajstić information content (AvgIpc) is 3.61. The Bertz CT molecular complexity index is 1260. The number of halogens is 1. The number of nitriles is 1. The van der Waals surface area contributed by atoms with Crippen molar-refractivity contribution in [1.29, 1.82) is 5.26 Å². The Morgan fingerprint density at radius 3 is 2.83 bits per heavy atom. The van der Waals surface area contributed by atoms with Crippen molar-refractivity contribution < 1.29 is 9.18 Å². The van der Waals surface area contributed by atoms with E-state index in [1.807, 2.05) is 6.07 Å². The second-order valence-corrected chi connectivity index (χ2v) is 10.9. The van der Waals surface area contributed by atoms with Crippen LogP contribution in [0.1, 0.15) is 64.2 Å². The normalized spacial score (nSPS) is 29.8. The minimum absolute atomic E-state index is 0.162. The SMILES string of the molecule is N#Cc1c(N2CC3CCC(C2)N3)cc(F)c2c1CC[C@H](NC(=O)c1cnc3c(c1)[C@H]1C[C@H]1CN3)C2. The summed E-state index contributed by atoms with van der Waals surface area (Å²) in [7, 11) is 0. The third-order valence-electron chi connectivity index (χ3n) is 8.70. The monoisotopic (exact) mass is 472 g/mol. The van der Waals surface area contributed by atoms with Gasteiger partial charge >= 0.3 is 0 Å². The Kier molecular flexibility index (Phi) is 4.78. The zero-order chi connectivity index (χ0) is 23.7. The van der Waals surface area contributed by atoms with Crippen LogP contribution in [0.15, 0.2) is 18.3 Å². The van der Waals surface area contributed by atoms with Gasteiger partial charge in [0.1, 0.15) is 17.7 Å². The topological polar surface area (TPSA) is 93.1 Å². The van der Waals surface area contributed by atoms with Crippen LogP contribution in [-0.2, 0) is 12.8 Å². The Hall–Kier alpha value is -3.18. The summed E-state index contributed by atoms with van der Waals surface area (Å²) in [5, 5.41) is 20.1. The molecule has 2 aromatic rings. The maximum absolute atomic E-state index is 15.4. The number of carbonyl (C=O) groups excluding carboxylic acids is 1. The summed E-state index contributed by atoms with van der Waals surface area (Å²) in [6.45, 7) is 2.59. The van der Waals surface area contributed by atoms with Crippen molar-refractivity contribution in [1.82, 2.24) is 15.6 Å². The molecule has 8 heteroatoms. The average molecular weight is 473 g/mol. The predicted molar refractivity (Wildman–Crippen MR) is 130 cm³/mol. The molecule has 1 aromatic heterocycles. The first-order chi connectivity index (χ1) is 17.1. The third kappa shape index (κ3) is 3.56. The van der Waals surface area contributed by atoms with E-state index in [-0.39, 0.29) is 17.8 Å². The molecule has 5 atom stereocenters. The summed E-state index contributed by atoms with van der Waals surface area (Å²) in [6, 6.07) is 6.57. The first-order valence-electron chi connectivity index (χ1n) is 12.9. The van der Waals surface area contributed by atoms with Crippen molar-refractivity contribution in [2.45, 2.75) is 62.6 Å². The first kappa shape index (κ1) is 21.1. The number of nitrogens with zero attached hydrogens (tertiary/aromatic N) is 3. The van der Waals surface area contributed by atoms with E-state index in [2.05, 4.69) is 31.9 Å². The van der Waals surface area contributed by atoms with Gasteiger partial charge in [-0.1, -0.05) is 0 Å². The molecule has 1 amide bonds. The maximum atomic E-state index is 15.4. The van der Waals surface area contributed by atoms with Gasteiger partial charge in [0.2, 0.25) is 0 Å². The summed E-state index contributed by atoms with van der Waals surface area (Å²) in [5.74, 6) is 1.65. The van der Waals surface area contributed by atoms with Crippen molar-refractivity contribution in [2.24, 2.45) is 5.92 Å². The lowest BCUT2D eigenvalue weighted by Gasteiger charge is -2.36. The number of hydrogen-bond acceptors (Lipinski definition) is 6. The lowest BCUT2D eigenvalue weighted by molar-refractivity contribution is 0.0933. The summed E-state index contributed by atoms with van der Waals surface area (Å²) in [5.41, 5.74) is 4.44. The van der Waals surface area contributed by atoms with Crippen LogP contribution in [-0.4, -0.2) is 48.7 Å². The van der Waals surface area contributed by atoms with Gasteiger partial charge in [-0.25, -0.2) is 9.37 Å². The van der Waals surface area contributed by atoms with Crippen molar-refractivity contribution in [3.8, 4) is 6.07 Å². The highest BCUT2D eigenvalue weighted by Gasteiger charge is 2.43. The van der Waals surface area contributed by atoms with E-state index in [1.54, 1.807) is 12.3 Å². The molecule has 1 aromatic carbocycles. The number of hydrogen-bond donors (Lipinski definition) is 3.